The van der Waals surface area contributed by atoms with Crippen molar-refractivity contribution in [2.45, 2.75) is 0 Å². The highest BCUT2D eigenvalue weighted by atomic mass is 79.9. The minimum atomic E-state index is -0.436. The molecule has 0 saturated heterocycles. The molecule has 0 radical (unpaired) electrons. The van der Waals surface area contributed by atoms with Crippen molar-refractivity contribution in [3.8, 4) is 11.3 Å². The molecule has 0 fully saturated rings. The fourth-order valence-corrected chi connectivity index (χ4v) is 2.41. The molecule has 0 bridgehead atoms. The van der Waals surface area contributed by atoms with E-state index in [2.05, 4.69) is 20.9 Å². The van der Waals surface area contributed by atoms with Crippen molar-refractivity contribution in [1.29, 1.82) is 0 Å². The topological polar surface area (TPSA) is 86.5 Å². The number of anilines is 1. The number of halogens is 1. The third kappa shape index (κ3) is 1.92. The van der Waals surface area contributed by atoms with Gasteiger partial charge in [0, 0.05) is 16.7 Å². The number of fused-ring (bicyclic) bond motifs is 1. The first-order chi connectivity index (χ1) is 9.58. The molecule has 0 saturated carbocycles. The Balaban J connectivity index is 2.30. The third-order valence-corrected chi connectivity index (χ3v) is 3.44. The van der Waals surface area contributed by atoms with Crippen LogP contribution in [-0.2, 0) is 0 Å². The summed E-state index contributed by atoms with van der Waals surface area (Å²) in [6.45, 7) is 0. The van der Waals surface area contributed by atoms with Gasteiger partial charge in [0.25, 0.3) is 5.69 Å². The van der Waals surface area contributed by atoms with Crippen LogP contribution in [0.5, 0.6) is 0 Å². The zero-order chi connectivity index (χ0) is 14.3. The summed E-state index contributed by atoms with van der Waals surface area (Å²) in [6, 6.07) is 10.1. The Morgan fingerprint density at radius 3 is 2.75 bits per heavy atom. The van der Waals surface area contributed by atoms with Gasteiger partial charge >= 0.3 is 0 Å². The van der Waals surface area contributed by atoms with E-state index in [1.807, 2.05) is 6.07 Å². The number of benzene rings is 1. The highest BCUT2D eigenvalue weighted by Gasteiger charge is 2.20. The minimum absolute atomic E-state index is 0.0123. The molecule has 0 aliphatic heterocycles. The van der Waals surface area contributed by atoms with Crippen LogP contribution in [0.1, 0.15) is 0 Å². The number of pyridine rings is 1. The molecule has 20 heavy (non-hydrogen) atoms. The van der Waals surface area contributed by atoms with Crippen molar-refractivity contribution < 1.29 is 4.92 Å². The number of nitrogen functional groups attached to an aromatic ring is 1. The third-order valence-electron chi connectivity index (χ3n) is 2.98. The maximum Gasteiger partial charge on any atom is 0.278 e. The van der Waals surface area contributed by atoms with E-state index in [9.17, 15) is 10.1 Å². The lowest BCUT2D eigenvalue weighted by Gasteiger charge is -2.01. The lowest BCUT2D eigenvalue weighted by molar-refractivity contribution is -0.384. The van der Waals surface area contributed by atoms with Crippen molar-refractivity contribution in [3.05, 3.63) is 57.2 Å². The first-order valence-corrected chi connectivity index (χ1v) is 6.54. The molecule has 0 aliphatic rings. The van der Waals surface area contributed by atoms with Gasteiger partial charge in [0.15, 0.2) is 0 Å². The summed E-state index contributed by atoms with van der Waals surface area (Å²) < 4.78 is 2.54. The number of aromatic nitrogens is 2. The normalized spacial score (nSPS) is 10.8. The van der Waals surface area contributed by atoms with Gasteiger partial charge in [-0.05, 0) is 34.1 Å². The van der Waals surface area contributed by atoms with Gasteiger partial charge in [-0.1, -0.05) is 12.1 Å². The van der Waals surface area contributed by atoms with Crippen molar-refractivity contribution >= 4 is 33.1 Å². The Morgan fingerprint density at radius 1 is 1.25 bits per heavy atom. The van der Waals surface area contributed by atoms with E-state index in [-0.39, 0.29) is 5.69 Å². The molecule has 3 rings (SSSR count). The fourth-order valence-electron chi connectivity index (χ4n) is 2.07. The van der Waals surface area contributed by atoms with E-state index in [1.165, 1.54) is 6.07 Å². The number of nitrogens with two attached hydrogens (primary N) is 1. The van der Waals surface area contributed by atoms with E-state index in [0.29, 0.717) is 22.7 Å². The number of rotatable bonds is 2. The van der Waals surface area contributed by atoms with Gasteiger partial charge in [0.1, 0.15) is 17.2 Å². The molecule has 100 valence electrons. The molecule has 6 nitrogen and oxygen atoms in total. The standard InChI is InChI=1S/C13H9BrN4O2/c14-8-5-6-11-16-12(13(15)17(11)7-8)9-3-1-2-4-10(9)18(19)20/h1-7H,15H2. The quantitative estimate of drug-likeness (QED) is 0.576. The fraction of sp³-hybridized carbons (Fsp3) is 0. The molecule has 2 aromatic heterocycles. The maximum absolute atomic E-state index is 11.1. The lowest BCUT2D eigenvalue weighted by Crippen LogP contribution is -1.96. The molecular formula is C13H9BrN4O2. The van der Waals surface area contributed by atoms with Crippen LogP contribution in [0.4, 0.5) is 11.5 Å². The molecule has 1 aromatic carbocycles. The number of para-hydroxylation sites is 1. The summed E-state index contributed by atoms with van der Waals surface area (Å²) in [5.41, 5.74) is 7.52. The number of nitrogens with zero attached hydrogens (tertiary/aromatic N) is 3. The van der Waals surface area contributed by atoms with Crippen molar-refractivity contribution in [1.82, 2.24) is 9.38 Å². The monoisotopic (exact) mass is 332 g/mol. The molecule has 0 aliphatic carbocycles. The summed E-state index contributed by atoms with van der Waals surface area (Å²) in [5, 5.41) is 11.1. The van der Waals surface area contributed by atoms with Gasteiger partial charge in [0.05, 0.1) is 10.5 Å². The van der Waals surface area contributed by atoms with Gasteiger partial charge in [0.2, 0.25) is 0 Å². The van der Waals surface area contributed by atoms with Crippen molar-refractivity contribution in [3.63, 3.8) is 0 Å². The van der Waals surface area contributed by atoms with Gasteiger partial charge < -0.3 is 5.73 Å². The van der Waals surface area contributed by atoms with Gasteiger partial charge in [-0.2, -0.15) is 0 Å². The van der Waals surface area contributed by atoms with E-state index < -0.39 is 4.92 Å². The Morgan fingerprint density at radius 2 is 2.00 bits per heavy atom. The molecular weight excluding hydrogens is 324 g/mol. The predicted octanol–water partition coefficient (Wildman–Crippen LogP) is 3.25. The number of hydrogen-bond donors (Lipinski definition) is 1. The Bertz CT molecular complexity index is 828. The van der Waals surface area contributed by atoms with Gasteiger partial charge in [-0.25, -0.2) is 4.98 Å². The average Bonchev–Trinajstić information content (AvgIpc) is 2.76. The summed E-state index contributed by atoms with van der Waals surface area (Å²) in [6.07, 6.45) is 1.77. The highest BCUT2D eigenvalue weighted by molar-refractivity contribution is 9.10. The van der Waals surface area contributed by atoms with Gasteiger partial charge in [-0.3, -0.25) is 14.5 Å². The second-order valence-corrected chi connectivity index (χ2v) is 5.11. The predicted molar refractivity (Wildman–Crippen MR) is 79.4 cm³/mol. The largest absolute Gasteiger partial charge is 0.383 e. The van der Waals surface area contributed by atoms with Gasteiger partial charge in [-0.15, -0.1) is 0 Å². The van der Waals surface area contributed by atoms with Crippen LogP contribution in [0.25, 0.3) is 16.9 Å². The smallest absolute Gasteiger partial charge is 0.278 e. The molecule has 3 aromatic rings. The molecule has 0 atom stereocenters. The number of imidazole rings is 1. The summed E-state index contributed by atoms with van der Waals surface area (Å²) in [7, 11) is 0. The zero-order valence-electron chi connectivity index (χ0n) is 10.2. The van der Waals surface area contributed by atoms with Crippen LogP contribution >= 0.6 is 15.9 Å². The van der Waals surface area contributed by atoms with Crippen LogP contribution in [0, 0.1) is 10.1 Å². The van der Waals surface area contributed by atoms with Crippen LogP contribution < -0.4 is 5.73 Å². The first-order valence-electron chi connectivity index (χ1n) is 5.75. The average molecular weight is 333 g/mol. The Labute approximate surface area is 122 Å². The van der Waals surface area contributed by atoms with Crippen molar-refractivity contribution in [2.24, 2.45) is 0 Å². The molecule has 0 spiro atoms. The van der Waals surface area contributed by atoms with Crippen LogP contribution in [-0.4, -0.2) is 14.3 Å². The number of nitro groups is 1. The highest BCUT2D eigenvalue weighted by Crippen LogP contribution is 2.33. The summed E-state index contributed by atoms with van der Waals surface area (Å²) >= 11 is 3.36. The SMILES string of the molecule is Nc1c(-c2ccccc2[N+](=O)[O-])nc2ccc(Br)cn12. The minimum Gasteiger partial charge on any atom is -0.383 e. The molecule has 0 unspecified atom stereocenters. The molecule has 0 amide bonds. The first kappa shape index (κ1) is 12.6. The van der Waals surface area contributed by atoms with E-state index in [4.69, 9.17) is 5.73 Å². The van der Waals surface area contributed by atoms with E-state index >= 15 is 0 Å². The van der Waals surface area contributed by atoms with Crippen LogP contribution in [0.3, 0.4) is 0 Å². The van der Waals surface area contributed by atoms with Crippen molar-refractivity contribution in [2.75, 3.05) is 5.73 Å². The molecule has 2 N–H and O–H groups in total. The van der Waals surface area contributed by atoms with Crippen LogP contribution in [0.2, 0.25) is 0 Å². The number of nitro benzene ring substituents is 1. The summed E-state index contributed by atoms with van der Waals surface area (Å²) in [4.78, 5) is 15.0. The Kier molecular flexibility index (Phi) is 2.90. The molecule has 7 heteroatoms. The Hall–Kier alpha value is -2.41. The molecule has 2 heterocycles. The second-order valence-electron chi connectivity index (χ2n) is 4.20. The van der Waals surface area contributed by atoms with Crippen LogP contribution in [0.15, 0.2) is 47.1 Å². The maximum atomic E-state index is 11.1. The van der Waals surface area contributed by atoms with E-state index in [1.54, 1.807) is 34.9 Å². The number of hydrogen-bond acceptors (Lipinski definition) is 4. The second kappa shape index (κ2) is 4.61. The lowest BCUT2D eigenvalue weighted by atomic mass is 10.1. The zero-order valence-corrected chi connectivity index (χ0v) is 11.7. The summed E-state index contributed by atoms with van der Waals surface area (Å²) in [5.74, 6) is 0.371. The van der Waals surface area contributed by atoms with E-state index in [0.717, 1.165) is 4.47 Å².